The third-order valence-corrected chi connectivity index (χ3v) is 6.66. The molecule has 4 aromatic rings. The summed E-state index contributed by atoms with van der Waals surface area (Å²) >= 11 is 0. The molecule has 3 atom stereocenters. The number of benzene rings is 3. The van der Waals surface area contributed by atoms with Crippen LogP contribution in [0.2, 0.25) is 0 Å². The Balaban J connectivity index is 1.50. The largest absolute Gasteiger partial charge is 0.491 e. The number of nitrogens with zero attached hydrogens (tertiary/aromatic N) is 2. The molecule has 0 radical (unpaired) electrons. The van der Waals surface area contributed by atoms with Crippen molar-refractivity contribution in [1.82, 2.24) is 20.2 Å². The lowest BCUT2D eigenvalue weighted by Crippen LogP contribution is -2.38. The molecule has 1 fully saturated rings. The van der Waals surface area contributed by atoms with Crippen LogP contribution < -0.4 is 10.1 Å². The third kappa shape index (κ3) is 4.88. The van der Waals surface area contributed by atoms with Crippen LogP contribution in [-0.4, -0.2) is 45.1 Å². The van der Waals surface area contributed by atoms with Gasteiger partial charge in [-0.2, -0.15) is 0 Å². The van der Waals surface area contributed by atoms with Gasteiger partial charge in [0, 0.05) is 11.5 Å². The highest BCUT2D eigenvalue weighted by molar-refractivity contribution is 6.05. The number of carbonyl (C=O) groups excluding carboxylic acids is 2. The van der Waals surface area contributed by atoms with Crippen molar-refractivity contribution in [3.05, 3.63) is 108 Å². The molecule has 3 amide bonds. The molecule has 0 spiro atoms. The second-order valence-electron chi connectivity index (χ2n) is 9.04. The first-order chi connectivity index (χ1) is 18.5. The Labute approximate surface area is 219 Å². The van der Waals surface area contributed by atoms with Gasteiger partial charge < -0.3 is 20.1 Å². The Morgan fingerprint density at radius 2 is 1.74 bits per heavy atom. The Morgan fingerprint density at radius 3 is 2.45 bits per heavy atom. The number of aromatic nitrogens is 2. The lowest BCUT2D eigenvalue weighted by Gasteiger charge is -2.29. The van der Waals surface area contributed by atoms with E-state index in [0.717, 1.165) is 5.56 Å². The van der Waals surface area contributed by atoms with Crippen LogP contribution in [0, 0.1) is 5.82 Å². The minimum Gasteiger partial charge on any atom is -0.491 e. The summed E-state index contributed by atoms with van der Waals surface area (Å²) < 4.78 is 19.9. The van der Waals surface area contributed by atoms with E-state index in [-0.39, 0.29) is 19.1 Å². The number of imide groups is 1. The first kappa shape index (κ1) is 25.2. The molecular formula is C29H27FN4O4. The molecule has 38 heavy (non-hydrogen) atoms. The second-order valence-corrected chi connectivity index (χ2v) is 9.04. The van der Waals surface area contributed by atoms with Crippen LogP contribution >= 0.6 is 0 Å². The summed E-state index contributed by atoms with van der Waals surface area (Å²) in [5.74, 6) is -0.231. The standard InChI is InChI=1S/C29H27FN4O4/c1-18(19-7-3-2-4-8-19)26(27-31-17-24(32-27)22-9-5-6-10-23(22)30)34-28(36)25(33-29(34)37)20-11-13-21(14-12-20)38-16-15-35/h2-14,17-18,25-26,35H,15-16H2,1H3,(H,31,32)(H,33,37)/t18-,25+,26-/m0/s1. The Kier molecular flexibility index (Phi) is 7.19. The topological polar surface area (TPSA) is 108 Å². The van der Waals surface area contributed by atoms with Crippen molar-refractivity contribution in [2.45, 2.75) is 24.9 Å². The number of halogens is 1. The maximum atomic E-state index is 14.5. The molecule has 1 aliphatic heterocycles. The Morgan fingerprint density at radius 1 is 1.03 bits per heavy atom. The number of nitrogens with one attached hydrogen (secondary N) is 2. The van der Waals surface area contributed by atoms with Gasteiger partial charge in [0.05, 0.1) is 18.5 Å². The zero-order valence-electron chi connectivity index (χ0n) is 20.7. The lowest BCUT2D eigenvalue weighted by molar-refractivity contribution is -0.129. The molecule has 3 aromatic carbocycles. The van der Waals surface area contributed by atoms with Crippen LogP contribution in [0.15, 0.2) is 85.1 Å². The van der Waals surface area contributed by atoms with E-state index < -0.39 is 29.8 Å². The van der Waals surface area contributed by atoms with E-state index in [9.17, 15) is 14.0 Å². The SMILES string of the molecule is C[C@@H](c1ccccc1)[C@@H](c1ncc(-c2ccccc2F)[nH]1)N1C(=O)N[C@H](c2ccc(OCCO)cc2)C1=O. The van der Waals surface area contributed by atoms with Crippen molar-refractivity contribution >= 4 is 11.9 Å². The van der Waals surface area contributed by atoms with Gasteiger partial charge in [0.2, 0.25) is 0 Å². The molecule has 3 N–H and O–H groups in total. The maximum Gasteiger partial charge on any atom is 0.325 e. The number of amides is 3. The average molecular weight is 515 g/mol. The van der Waals surface area contributed by atoms with Crippen molar-refractivity contribution in [2.24, 2.45) is 0 Å². The molecule has 0 aliphatic carbocycles. The third-order valence-electron chi connectivity index (χ3n) is 6.66. The van der Waals surface area contributed by atoms with Crippen LogP contribution in [0.4, 0.5) is 9.18 Å². The fourth-order valence-corrected chi connectivity index (χ4v) is 4.73. The number of ether oxygens (including phenoxy) is 1. The molecular weight excluding hydrogens is 487 g/mol. The van der Waals surface area contributed by atoms with Crippen molar-refractivity contribution < 1.29 is 23.8 Å². The van der Waals surface area contributed by atoms with Crippen LogP contribution in [0.1, 0.15) is 41.9 Å². The number of rotatable bonds is 9. The Hall–Kier alpha value is -4.50. The van der Waals surface area contributed by atoms with E-state index in [2.05, 4.69) is 15.3 Å². The molecule has 194 valence electrons. The highest BCUT2D eigenvalue weighted by atomic mass is 19.1. The number of urea groups is 1. The quantitative estimate of drug-likeness (QED) is 0.280. The van der Waals surface area contributed by atoms with Gasteiger partial charge in [0.1, 0.15) is 36.1 Å². The van der Waals surface area contributed by atoms with Gasteiger partial charge in [0.25, 0.3) is 5.91 Å². The summed E-state index contributed by atoms with van der Waals surface area (Å²) in [6.45, 7) is 1.97. The smallest absolute Gasteiger partial charge is 0.325 e. The minimum absolute atomic E-state index is 0.111. The van der Waals surface area contributed by atoms with Gasteiger partial charge in [-0.05, 0) is 35.4 Å². The fourth-order valence-electron chi connectivity index (χ4n) is 4.73. The van der Waals surface area contributed by atoms with Gasteiger partial charge in [-0.25, -0.2) is 14.2 Å². The van der Waals surface area contributed by atoms with E-state index in [1.165, 1.54) is 17.2 Å². The number of imidazole rings is 1. The zero-order chi connectivity index (χ0) is 26.6. The van der Waals surface area contributed by atoms with Crippen molar-refractivity contribution in [3.8, 4) is 17.0 Å². The average Bonchev–Trinajstić information content (AvgIpc) is 3.54. The molecule has 8 nitrogen and oxygen atoms in total. The van der Waals surface area contributed by atoms with E-state index in [4.69, 9.17) is 9.84 Å². The van der Waals surface area contributed by atoms with E-state index in [0.29, 0.717) is 28.4 Å². The highest BCUT2D eigenvalue weighted by Gasteiger charge is 2.46. The summed E-state index contributed by atoms with van der Waals surface area (Å²) in [6, 6.07) is 20.5. The fraction of sp³-hybridized carbons (Fsp3) is 0.207. The van der Waals surface area contributed by atoms with Gasteiger partial charge in [-0.3, -0.25) is 9.69 Å². The normalized spacial score (nSPS) is 16.8. The summed E-state index contributed by atoms with van der Waals surface area (Å²) in [5.41, 5.74) is 2.30. The summed E-state index contributed by atoms with van der Waals surface area (Å²) in [7, 11) is 0. The van der Waals surface area contributed by atoms with Gasteiger partial charge in [0.15, 0.2) is 0 Å². The number of H-pyrrole nitrogens is 1. The Bertz CT molecular complexity index is 1420. The predicted molar refractivity (Wildman–Crippen MR) is 139 cm³/mol. The molecule has 0 unspecified atom stereocenters. The number of carbonyl (C=O) groups is 2. The molecule has 0 bridgehead atoms. The minimum atomic E-state index is -0.888. The highest BCUT2D eigenvalue weighted by Crippen LogP contribution is 2.39. The van der Waals surface area contributed by atoms with Crippen LogP contribution in [-0.2, 0) is 4.79 Å². The predicted octanol–water partition coefficient (Wildman–Crippen LogP) is 4.72. The van der Waals surface area contributed by atoms with Gasteiger partial charge in [-0.1, -0.05) is 61.5 Å². The first-order valence-corrected chi connectivity index (χ1v) is 12.3. The van der Waals surface area contributed by atoms with E-state index in [1.54, 1.807) is 42.5 Å². The monoisotopic (exact) mass is 514 g/mol. The van der Waals surface area contributed by atoms with Crippen molar-refractivity contribution in [1.29, 1.82) is 0 Å². The van der Waals surface area contributed by atoms with Gasteiger partial charge >= 0.3 is 6.03 Å². The van der Waals surface area contributed by atoms with Gasteiger partial charge in [-0.15, -0.1) is 0 Å². The molecule has 1 saturated heterocycles. The van der Waals surface area contributed by atoms with Crippen molar-refractivity contribution in [3.63, 3.8) is 0 Å². The number of aliphatic hydroxyl groups is 1. The second kappa shape index (κ2) is 10.9. The number of aromatic amines is 1. The molecule has 2 heterocycles. The summed E-state index contributed by atoms with van der Waals surface area (Å²) in [4.78, 5) is 35.9. The van der Waals surface area contributed by atoms with Crippen LogP contribution in [0.25, 0.3) is 11.3 Å². The van der Waals surface area contributed by atoms with Crippen LogP contribution in [0.5, 0.6) is 5.75 Å². The maximum absolute atomic E-state index is 14.5. The molecule has 5 rings (SSSR count). The number of hydrogen-bond donors (Lipinski definition) is 3. The number of hydrogen-bond acceptors (Lipinski definition) is 5. The molecule has 1 aliphatic rings. The zero-order valence-corrected chi connectivity index (χ0v) is 20.7. The van der Waals surface area contributed by atoms with E-state index in [1.807, 2.05) is 37.3 Å². The van der Waals surface area contributed by atoms with E-state index >= 15 is 0 Å². The first-order valence-electron chi connectivity index (χ1n) is 12.3. The van der Waals surface area contributed by atoms with Crippen molar-refractivity contribution in [2.75, 3.05) is 13.2 Å². The number of aliphatic hydroxyl groups excluding tert-OH is 1. The van der Waals surface area contributed by atoms with Crippen LogP contribution in [0.3, 0.4) is 0 Å². The molecule has 1 aromatic heterocycles. The molecule has 9 heteroatoms. The lowest BCUT2D eigenvalue weighted by atomic mass is 9.91. The molecule has 0 saturated carbocycles. The summed E-state index contributed by atoms with van der Waals surface area (Å²) in [6.07, 6.45) is 1.51. The summed E-state index contributed by atoms with van der Waals surface area (Å²) in [5, 5.41) is 11.7.